The Labute approximate surface area is 200 Å². The van der Waals surface area contributed by atoms with Gasteiger partial charge in [-0.05, 0) is 57.3 Å². The second-order valence-electron chi connectivity index (χ2n) is 9.90. The molecule has 1 N–H and O–H groups in total. The summed E-state index contributed by atoms with van der Waals surface area (Å²) in [5, 5.41) is 2.97. The molecule has 0 aromatic heterocycles. The number of hydrogen-bond donors (Lipinski definition) is 1. The number of benzene rings is 1. The van der Waals surface area contributed by atoms with E-state index in [1.54, 1.807) is 18.2 Å². The standard InChI is InChI=1S/C24H33N3O6S/c28-23(27(19-3-1-2-4-19)20-9-12-34(30,31)15-20)14-26-10-7-17(8-11-26)24(29)25-18-5-6-21-22(13-18)33-16-32-21/h5-6,13,17,19-20H,1-4,7-12,14-16H2,(H,25,29)/t20-/m0/s1. The van der Waals surface area contributed by atoms with E-state index >= 15 is 0 Å². The number of carbonyl (C=O) groups excluding carboxylic acids is 2. The van der Waals surface area contributed by atoms with E-state index in [-0.39, 0.29) is 48.1 Å². The summed E-state index contributed by atoms with van der Waals surface area (Å²) in [6.45, 7) is 1.83. The number of amides is 2. The highest BCUT2D eigenvalue weighted by atomic mass is 32.2. The van der Waals surface area contributed by atoms with E-state index in [0.29, 0.717) is 56.1 Å². The quantitative estimate of drug-likeness (QED) is 0.649. The maximum atomic E-state index is 13.3. The molecular formula is C24H33N3O6S. The van der Waals surface area contributed by atoms with Gasteiger partial charge in [0.2, 0.25) is 18.6 Å². The van der Waals surface area contributed by atoms with Gasteiger partial charge in [0.15, 0.2) is 21.3 Å². The van der Waals surface area contributed by atoms with Gasteiger partial charge >= 0.3 is 0 Å². The summed E-state index contributed by atoms with van der Waals surface area (Å²) in [5.41, 5.74) is 0.686. The summed E-state index contributed by atoms with van der Waals surface area (Å²) in [5.74, 6) is 1.49. The van der Waals surface area contributed by atoms with Crippen molar-refractivity contribution >= 4 is 27.3 Å². The summed E-state index contributed by atoms with van der Waals surface area (Å²) in [4.78, 5) is 30.1. The maximum Gasteiger partial charge on any atom is 0.237 e. The van der Waals surface area contributed by atoms with Crippen molar-refractivity contribution in [2.24, 2.45) is 5.92 Å². The first-order valence-corrected chi connectivity index (χ1v) is 14.1. The smallest absolute Gasteiger partial charge is 0.237 e. The molecule has 0 radical (unpaired) electrons. The van der Waals surface area contributed by atoms with E-state index in [1.165, 1.54) is 0 Å². The van der Waals surface area contributed by atoms with Gasteiger partial charge in [0, 0.05) is 29.8 Å². The Hall–Kier alpha value is -2.33. The molecule has 1 aromatic carbocycles. The number of nitrogens with zero attached hydrogens (tertiary/aromatic N) is 2. The molecule has 10 heteroatoms. The Morgan fingerprint density at radius 2 is 1.74 bits per heavy atom. The van der Waals surface area contributed by atoms with Crippen molar-refractivity contribution < 1.29 is 27.5 Å². The van der Waals surface area contributed by atoms with Gasteiger partial charge in [-0.3, -0.25) is 14.5 Å². The normalized spacial score (nSPS) is 24.9. The third-order valence-electron chi connectivity index (χ3n) is 7.57. The minimum Gasteiger partial charge on any atom is -0.454 e. The zero-order valence-corrected chi connectivity index (χ0v) is 20.2. The first-order valence-electron chi connectivity index (χ1n) is 12.3. The van der Waals surface area contributed by atoms with Gasteiger partial charge in [0.05, 0.1) is 18.1 Å². The third-order valence-corrected chi connectivity index (χ3v) is 9.32. The predicted molar refractivity (Wildman–Crippen MR) is 127 cm³/mol. The van der Waals surface area contributed by atoms with Crippen molar-refractivity contribution in [3.8, 4) is 11.5 Å². The Balaban J connectivity index is 1.14. The van der Waals surface area contributed by atoms with Crippen molar-refractivity contribution in [2.45, 2.75) is 57.0 Å². The summed E-state index contributed by atoms with van der Waals surface area (Å²) in [6.07, 6.45) is 6.03. The minimum atomic E-state index is -3.05. The predicted octanol–water partition coefficient (Wildman–Crippen LogP) is 2.02. The lowest BCUT2D eigenvalue weighted by Crippen LogP contribution is -2.51. The molecule has 3 heterocycles. The lowest BCUT2D eigenvalue weighted by molar-refractivity contribution is -0.137. The Morgan fingerprint density at radius 3 is 2.44 bits per heavy atom. The molecule has 1 atom stereocenters. The van der Waals surface area contributed by atoms with Crippen LogP contribution >= 0.6 is 0 Å². The minimum absolute atomic E-state index is 0.0198. The summed E-state index contributed by atoms with van der Waals surface area (Å²) in [7, 11) is -3.05. The van der Waals surface area contributed by atoms with Crippen LogP contribution in [0.4, 0.5) is 5.69 Å². The number of rotatable bonds is 6. The van der Waals surface area contributed by atoms with E-state index in [4.69, 9.17) is 9.47 Å². The van der Waals surface area contributed by atoms with Crippen LogP contribution in [0.2, 0.25) is 0 Å². The van der Waals surface area contributed by atoms with Gasteiger partial charge in [-0.1, -0.05) is 12.8 Å². The van der Waals surface area contributed by atoms with Crippen LogP contribution < -0.4 is 14.8 Å². The second kappa shape index (κ2) is 9.73. The summed E-state index contributed by atoms with van der Waals surface area (Å²) >= 11 is 0. The van der Waals surface area contributed by atoms with Crippen LogP contribution in [0, 0.1) is 5.92 Å². The monoisotopic (exact) mass is 491 g/mol. The van der Waals surface area contributed by atoms with Crippen LogP contribution in [0.3, 0.4) is 0 Å². The average Bonchev–Trinajstić information content (AvgIpc) is 3.56. The average molecular weight is 492 g/mol. The van der Waals surface area contributed by atoms with Crippen LogP contribution in [0.25, 0.3) is 0 Å². The van der Waals surface area contributed by atoms with E-state index in [2.05, 4.69) is 10.2 Å². The molecule has 3 fully saturated rings. The molecular weight excluding hydrogens is 458 g/mol. The number of ether oxygens (including phenoxy) is 2. The van der Waals surface area contributed by atoms with Gasteiger partial charge < -0.3 is 19.7 Å². The lowest BCUT2D eigenvalue weighted by Gasteiger charge is -2.37. The number of anilines is 1. The van der Waals surface area contributed by atoms with Crippen molar-refractivity contribution in [1.82, 2.24) is 9.80 Å². The third kappa shape index (κ3) is 5.17. The van der Waals surface area contributed by atoms with Crippen LogP contribution in [-0.2, 0) is 19.4 Å². The Morgan fingerprint density at radius 1 is 1.00 bits per heavy atom. The van der Waals surface area contributed by atoms with E-state index in [1.807, 2.05) is 4.90 Å². The second-order valence-corrected chi connectivity index (χ2v) is 12.1. The number of hydrogen-bond acceptors (Lipinski definition) is 7. The van der Waals surface area contributed by atoms with E-state index in [0.717, 1.165) is 25.7 Å². The molecule has 0 spiro atoms. The van der Waals surface area contributed by atoms with Gasteiger partial charge in [-0.2, -0.15) is 0 Å². The van der Waals surface area contributed by atoms with Gasteiger partial charge in [-0.15, -0.1) is 0 Å². The van der Waals surface area contributed by atoms with Crippen molar-refractivity contribution in [1.29, 1.82) is 0 Å². The van der Waals surface area contributed by atoms with Crippen LogP contribution in [-0.4, -0.2) is 80.0 Å². The molecule has 0 bridgehead atoms. The summed E-state index contributed by atoms with van der Waals surface area (Å²) < 4.78 is 34.8. The van der Waals surface area contributed by atoms with Crippen LogP contribution in [0.1, 0.15) is 44.9 Å². The fraction of sp³-hybridized carbons (Fsp3) is 0.667. The number of likely N-dealkylation sites (tertiary alicyclic amines) is 1. The zero-order valence-electron chi connectivity index (χ0n) is 19.4. The highest BCUT2D eigenvalue weighted by Gasteiger charge is 2.39. The zero-order chi connectivity index (χ0) is 23.7. The molecule has 34 heavy (non-hydrogen) atoms. The Kier molecular flexibility index (Phi) is 6.70. The number of nitrogens with one attached hydrogen (secondary N) is 1. The van der Waals surface area contributed by atoms with Gasteiger partial charge in [-0.25, -0.2) is 8.42 Å². The number of carbonyl (C=O) groups is 2. The number of fused-ring (bicyclic) bond motifs is 1. The molecule has 0 unspecified atom stereocenters. The number of sulfone groups is 1. The lowest BCUT2D eigenvalue weighted by atomic mass is 9.95. The molecule has 4 aliphatic rings. The van der Waals surface area contributed by atoms with E-state index < -0.39 is 9.84 Å². The van der Waals surface area contributed by atoms with E-state index in [9.17, 15) is 18.0 Å². The molecule has 2 amide bonds. The van der Waals surface area contributed by atoms with Crippen molar-refractivity contribution in [3.05, 3.63) is 18.2 Å². The molecule has 9 nitrogen and oxygen atoms in total. The first kappa shape index (κ1) is 23.4. The molecule has 186 valence electrons. The van der Waals surface area contributed by atoms with Gasteiger partial charge in [0.25, 0.3) is 0 Å². The topological polar surface area (TPSA) is 105 Å². The molecule has 2 saturated heterocycles. The SMILES string of the molecule is O=C(Nc1ccc2c(c1)OCO2)C1CCN(CC(=O)N(C2CCCC2)[C@H]2CCS(=O)(=O)C2)CC1. The van der Waals surface area contributed by atoms with Crippen molar-refractivity contribution in [3.63, 3.8) is 0 Å². The fourth-order valence-electron chi connectivity index (χ4n) is 5.73. The molecule has 1 saturated carbocycles. The fourth-order valence-corrected chi connectivity index (χ4v) is 7.44. The van der Waals surface area contributed by atoms with Crippen molar-refractivity contribution in [2.75, 3.05) is 43.2 Å². The van der Waals surface area contributed by atoms with Crippen LogP contribution in [0.5, 0.6) is 11.5 Å². The molecule has 3 aliphatic heterocycles. The molecule has 5 rings (SSSR count). The number of piperidine rings is 1. The molecule has 1 aliphatic carbocycles. The highest BCUT2D eigenvalue weighted by Crippen LogP contribution is 2.34. The van der Waals surface area contributed by atoms with Gasteiger partial charge in [0.1, 0.15) is 0 Å². The molecule has 1 aromatic rings. The maximum absolute atomic E-state index is 13.3. The summed E-state index contributed by atoms with van der Waals surface area (Å²) in [6, 6.07) is 5.34. The largest absolute Gasteiger partial charge is 0.454 e. The first-order chi connectivity index (χ1) is 16.4. The Bertz CT molecular complexity index is 1030. The van der Waals surface area contributed by atoms with Crippen LogP contribution in [0.15, 0.2) is 18.2 Å². The highest BCUT2D eigenvalue weighted by molar-refractivity contribution is 7.91.